The van der Waals surface area contributed by atoms with Crippen LogP contribution in [0.3, 0.4) is 0 Å². The molecule has 0 spiro atoms. The molecule has 0 radical (unpaired) electrons. The molecule has 0 fully saturated rings. The Balaban J connectivity index is 1.66. The molecule has 134 valence electrons. The minimum atomic E-state index is -0.593. The summed E-state index contributed by atoms with van der Waals surface area (Å²) in [6.07, 6.45) is 1.76. The number of carbonyl (C=O) groups excluding carboxylic acids is 1. The Kier molecular flexibility index (Phi) is 6.25. The minimum absolute atomic E-state index is 0.225. The molecule has 1 amide bonds. The van der Waals surface area contributed by atoms with E-state index in [0.29, 0.717) is 17.3 Å². The standard InChI is InChI=1S/C19H19N3O2S2/c1-3-11-25-19-22-21-18(26-19)20-17(23)16(4-2)24-15-10-9-13-7-5-6-8-14(13)12-15/h3,5-10,12,16H,1,4,11H2,2H3,(H,20,21,23). The number of thioether (sulfide) groups is 1. The van der Waals surface area contributed by atoms with Crippen LogP contribution in [0.1, 0.15) is 13.3 Å². The summed E-state index contributed by atoms with van der Waals surface area (Å²) in [5.41, 5.74) is 0. The summed E-state index contributed by atoms with van der Waals surface area (Å²) >= 11 is 2.87. The SMILES string of the molecule is C=CCSc1nnc(NC(=O)C(CC)Oc2ccc3ccccc3c2)s1. The number of carbonyl (C=O) groups is 1. The zero-order chi connectivity index (χ0) is 18.4. The number of hydrogen-bond donors (Lipinski definition) is 1. The van der Waals surface area contributed by atoms with Crippen molar-refractivity contribution in [1.82, 2.24) is 10.2 Å². The Morgan fingerprint density at radius 2 is 2.12 bits per heavy atom. The van der Waals surface area contributed by atoms with Crippen molar-refractivity contribution < 1.29 is 9.53 Å². The van der Waals surface area contributed by atoms with Crippen LogP contribution in [0.5, 0.6) is 5.75 Å². The summed E-state index contributed by atoms with van der Waals surface area (Å²) in [5.74, 6) is 1.20. The third kappa shape index (κ3) is 4.62. The highest BCUT2D eigenvalue weighted by Crippen LogP contribution is 2.26. The van der Waals surface area contributed by atoms with Gasteiger partial charge in [-0.2, -0.15) is 0 Å². The number of nitrogens with zero attached hydrogens (tertiary/aromatic N) is 2. The molecule has 0 saturated carbocycles. The maximum absolute atomic E-state index is 12.5. The topological polar surface area (TPSA) is 64.1 Å². The highest BCUT2D eigenvalue weighted by molar-refractivity contribution is 8.01. The number of benzene rings is 2. The largest absolute Gasteiger partial charge is 0.481 e. The molecule has 0 aliphatic carbocycles. The van der Waals surface area contributed by atoms with E-state index in [1.54, 1.807) is 6.08 Å². The summed E-state index contributed by atoms with van der Waals surface area (Å²) in [6, 6.07) is 13.9. The number of amides is 1. The van der Waals surface area contributed by atoms with Gasteiger partial charge >= 0.3 is 0 Å². The normalized spacial score (nSPS) is 11.9. The Bertz CT molecular complexity index is 910. The Hall–Kier alpha value is -2.38. The van der Waals surface area contributed by atoms with E-state index in [2.05, 4.69) is 22.1 Å². The fourth-order valence-corrected chi connectivity index (χ4v) is 3.88. The van der Waals surface area contributed by atoms with Gasteiger partial charge in [-0.1, -0.05) is 66.4 Å². The number of ether oxygens (including phenoxy) is 1. The van der Waals surface area contributed by atoms with Crippen molar-refractivity contribution in [1.29, 1.82) is 0 Å². The van der Waals surface area contributed by atoms with E-state index in [1.807, 2.05) is 49.4 Å². The Labute approximate surface area is 160 Å². The van der Waals surface area contributed by atoms with E-state index < -0.39 is 6.10 Å². The van der Waals surface area contributed by atoms with Crippen molar-refractivity contribution >= 4 is 44.9 Å². The molecule has 1 unspecified atom stereocenters. The van der Waals surface area contributed by atoms with Crippen molar-refractivity contribution in [3.8, 4) is 5.75 Å². The van der Waals surface area contributed by atoms with Crippen molar-refractivity contribution in [2.75, 3.05) is 11.1 Å². The lowest BCUT2D eigenvalue weighted by molar-refractivity contribution is -0.122. The van der Waals surface area contributed by atoms with Crippen LogP contribution in [-0.4, -0.2) is 28.0 Å². The quantitative estimate of drug-likeness (QED) is 0.344. The maximum atomic E-state index is 12.5. The molecule has 0 aliphatic heterocycles. The number of hydrogen-bond acceptors (Lipinski definition) is 6. The minimum Gasteiger partial charge on any atom is -0.481 e. The van der Waals surface area contributed by atoms with Crippen LogP contribution in [0.2, 0.25) is 0 Å². The number of aromatic nitrogens is 2. The van der Waals surface area contributed by atoms with Gasteiger partial charge in [0.05, 0.1) is 0 Å². The summed E-state index contributed by atoms with van der Waals surface area (Å²) < 4.78 is 6.70. The molecule has 1 N–H and O–H groups in total. The Morgan fingerprint density at radius 3 is 2.88 bits per heavy atom. The highest BCUT2D eigenvalue weighted by atomic mass is 32.2. The molecular formula is C19H19N3O2S2. The molecule has 3 rings (SSSR count). The van der Waals surface area contributed by atoms with Gasteiger partial charge in [0, 0.05) is 5.75 Å². The van der Waals surface area contributed by atoms with E-state index in [9.17, 15) is 4.79 Å². The molecule has 0 bridgehead atoms. The van der Waals surface area contributed by atoms with Crippen LogP contribution < -0.4 is 10.1 Å². The van der Waals surface area contributed by atoms with E-state index >= 15 is 0 Å². The summed E-state index contributed by atoms with van der Waals surface area (Å²) in [6.45, 7) is 5.59. The first-order valence-electron chi connectivity index (χ1n) is 8.23. The number of rotatable bonds is 8. The van der Waals surface area contributed by atoms with Crippen LogP contribution >= 0.6 is 23.1 Å². The van der Waals surface area contributed by atoms with Crippen molar-refractivity contribution in [3.05, 3.63) is 55.1 Å². The predicted octanol–water partition coefficient (Wildman–Crippen LogP) is 4.77. The van der Waals surface area contributed by atoms with Crippen LogP contribution in [-0.2, 0) is 4.79 Å². The first kappa shape index (κ1) is 18.4. The molecule has 26 heavy (non-hydrogen) atoms. The van der Waals surface area contributed by atoms with Crippen LogP contribution in [0.25, 0.3) is 10.8 Å². The third-order valence-electron chi connectivity index (χ3n) is 3.62. The molecule has 1 heterocycles. The highest BCUT2D eigenvalue weighted by Gasteiger charge is 2.20. The van der Waals surface area contributed by atoms with Crippen molar-refractivity contribution in [3.63, 3.8) is 0 Å². The van der Waals surface area contributed by atoms with Gasteiger partial charge in [0.2, 0.25) is 5.13 Å². The van der Waals surface area contributed by atoms with Gasteiger partial charge in [0.15, 0.2) is 10.4 Å². The van der Waals surface area contributed by atoms with Crippen LogP contribution in [0, 0.1) is 0 Å². The summed E-state index contributed by atoms with van der Waals surface area (Å²) in [5, 5.41) is 13.5. The zero-order valence-corrected chi connectivity index (χ0v) is 16.0. The van der Waals surface area contributed by atoms with Gasteiger partial charge < -0.3 is 4.74 Å². The Morgan fingerprint density at radius 1 is 1.31 bits per heavy atom. The average Bonchev–Trinajstić information content (AvgIpc) is 3.11. The fourth-order valence-electron chi connectivity index (χ4n) is 2.36. The van der Waals surface area contributed by atoms with Gasteiger partial charge in [0.1, 0.15) is 5.75 Å². The van der Waals surface area contributed by atoms with Gasteiger partial charge in [-0.15, -0.1) is 16.8 Å². The molecule has 1 atom stereocenters. The molecule has 5 nitrogen and oxygen atoms in total. The predicted molar refractivity (Wildman–Crippen MR) is 108 cm³/mol. The van der Waals surface area contributed by atoms with Gasteiger partial charge in [-0.25, -0.2) is 0 Å². The monoisotopic (exact) mass is 385 g/mol. The van der Waals surface area contributed by atoms with E-state index in [0.717, 1.165) is 20.9 Å². The lowest BCUT2D eigenvalue weighted by Gasteiger charge is -2.16. The van der Waals surface area contributed by atoms with Crippen molar-refractivity contribution in [2.24, 2.45) is 0 Å². The number of anilines is 1. The van der Waals surface area contributed by atoms with Gasteiger partial charge in [-0.05, 0) is 29.3 Å². The molecular weight excluding hydrogens is 366 g/mol. The van der Waals surface area contributed by atoms with Gasteiger partial charge in [0.25, 0.3) is 5.91 Å². The molecule has 3 aromatic rings. The number of nitrogens with one attached hydrogen (secondary N) is 1. The first-order valence-corrected chi connectivity index (χ1v) is 10.0. The maximum Gasteiger partial charge on any atom is 0.267 e. The molecule has 7 heteroatoms. The van der Waals surface area contributed by atoms with Crippen molar-refractivity contribution in [2.45, 2.75) is 23.8 Å². The summed E-state index contributed by atoms with van der Waals surface area (Å²) in [7, 11) is 0. The number of fused-ring (bicyclic) bond motifs is 1. The first-order chi connectivity index (χ1) is 12.7. The van der Waals surface area contributed by atoms with E-state index in [4.69, 9.17) is 4.74 Å². The molecule has 0 saturated heterocycles. The van der Waals surface area contributed by atoms with Crippen LogP contribution in [0.15, 0.2) is 59.5 Å². The lowest BCUT2D eigenvalue weighted by Crippen LogP contribution is -2.32. The second-order valence-corrected chi connectivity index (χ2v) is 7.73. The second kappa shape index (κ2) is 8.82. The fraction of sp³-hybridized carbons (Fsp3) is 0.211. The van der Waals surface area contributed by atoms with E-state index in [-0.39, 0.29) is 5.91 Å². The molecule has 1 aromatic heterocycles. The molecule has 2 aromatic carbocycles. The summed E-state index contributed by atoms with van der Waals surface area (Å²) in [4.78, 5) is 12.5. The second-order valence-electron chi connectivity index (χ2n) is 5.49. The van der Waals surface area contributed by atoms with Crippen LogP contribution in [0.4, 0.5) is 5.13 Å². The third-order valence-corrected chi connectivity index (χ3v) is 5.59. The average molecular weight is 386 g/mol. The lowest BCUT2D eigenvalue weighted by atomic mass is 10.1. The van der Waals surface area contributed by atoms with E-state index in [1.165, 1.54) is 23.1 Å². The smallest absolute Gasteiger partial charge is 0.267 e. The zero-order valence-electron chi connectivity index (χ0n) is 14.3. The molecule has 0 aliphatic rings. The van der Waals surface area contributed by atoms with Gasteiger partial charge in [-0.3, -0.25) is 10.1 Å².